The van der Waals surface area contributed by atoms with Gasteiger partial charge >= 0.3 is 6.18 Å². The number of aryl methyl sites for hydroxylation is 1. The Hall–Kier alpha value is -1.33. The van der Waals surface area contributed by atoms with Crippen molar-refractivity contribution in [1.29, 1.82) is 0 Å². The number of hydrogen-bond acceptors (Lipinski definition) is 2. The Morgan fingerprint density at radius 1 is 1.62 bits per heavy atom. The molecule has 6 heteroatoms. The summed E-state index contributed by atoms with van der Waals surface area (Å²) < 4.78 is 35.3. The van der Waals surface area contributed by atoms with Gasteiger partial charge in [-0.2, -0.15) is 18.3 Å². The fourth-order valence-electron chi connectivity index (χ4n) is 0.830. The standard InChI is InChI=1S/C7H7F3N2O/c1-4-2-5(12-11-4)3-6(13)7(8,9)10/h2H,3H2,1H3,(H,11,12). The number of ketones is 1. The van der Waals surface area contributed by atoms with E-state index < -0.39 is 18.4 Å². The number of rotatable bonds is 2. The quantitative estimate of drug-likeness (QED) is 0.769. The van der Waals surface area contributed by atoms with Crippen LogP contribution in [0.5, 0.6) is 0 Å². The number of carbonyl (C=O) groups is 1. The number of halogens is 3. The zero-order chi connectivity index (χ0) is 10.1. The first-order valence-electron chi connectivity index (χ1n) is 3.50. The molecule has 0 saturated carbocycles. The molecule has 0 fully saturated rings. The highest BCUT2D eigenvalue weighted by atomic mass is 19.4. The van der Waals surface area contributed by atoms with E-state index in [9.17, 15) is 18.0 Å². The summed E-state index contributed by atoms with van der Waals surface area (Å²) in [6, 6.07) is 1.41. The van der Waals surface area contributed by atoms with E-state index in [0.29, 0.717) is 5.69 Å². The van der Waals surface area contributed by atoms with E-state index in [0.717, 1.165) is 0 Å². The largest absolute Gasteiger partial charge is 0.450 e. The van der Waals surface area contributed by atoms with Crippen molar-refractivity contribution in [2.75, 3.05) is 0 Å². The van der Waals surface area contributed by atoms with Gasteiger partial charge in [0.05, 0.1) is 12.1 Å². The molecule has 0 aliphatic rings. The van der Waals surface area contributed by atoms with Crippen molar-refractivity contribution < 1.29 is 18.0 Å². The molecule has 1 rings (SSSR count). The smallest absolute Gasteiger partial charge is 0.289 e. The summed E-state index contributed by atoms with van der Waals surface area (Å²) in [5, 5.41) is 5.98. The maximum atomic E-state index is 11.8. The van der Waals surface area contributed by atoms with Crippen LogP contribution < -0.4 is 0 Å². The van der Waals surface area contributed by atoms with Crippen LogP contribution in [0.15, 0.2) is 6.07 Å². The Balaban J connectivity index is 2.65. The maximum Gasteiger partial charge on any atom is 0.450 e. The van der Waals surface area contributed by atoms with Gasteiger partial charge in [-0.05, 0) is 13.0 Å². The van der Waals surface area contributed by atoms with Crippen molar-refractivity contribution in [3.05, 3.63) is 17.5 Å². The van der Waals surface area contributed by atoms with E-state index >= 15 is 0 Å². The molecule has 1 N–H and O–H groups in total. The molecular formula is C7H7F3N2O. The zero-order valence-corrected chi connectivity index (χ0v) is 6.77. The number of alkyl halides is 3. The highest BCUT2D eigenvalue weighted by Gasteiger charge is 2.38. The van der Waals surface area contributed by atoms with E-state index in [1.165, 1.54) is 6.07 Å². The van der Waals surface area contributed by atoms with Crippen molar-refractivity contribution in [3.63, 3.8) is 0 Å². The monoisotopic (exact) mass is 192 g/mol. The van der Waals surface area contributed by atoms with Gasteiger partial charge < -0.3 is 0 Å². The zero-order valence-electron chi connectivity index (χ0n) is 6.77. The molecule has 0 radical (unpaired) electrons. The number of hydrogen-bond donors (Lipinski definition) is 1. The van der Waals surface area contributed by atoms with E-state index in [4.69, 9.17) is 0 Å². The lowest BCUT2D eigenvalue weighted by Crippen LogP contribution is -2.24. The Kier molecular flexibility index (Phi) is 2.40. The predicted molar refractivity (Wildman–Crippen MR) is 38.1 cm³/mol. The molecule has 0 atom stereocenters. The van der Waals surface area contributed by atoms with Crippen molar-refractivity contribution >= 4 is 5.78 Å². The van der Waals surface area contributed by atoms with Crippen LogP contribution in [-0.2, 0) is 11.2 Å². The summed E-state index contributed by atoms with van der Waals surface area (Å²) in [6.07, 6.45) is -5.47. The highest BCUT2D eigenvalue weighted by Crippen LogP contribution is 2.18. The Morgan fingerprint density at radius 3 is 2.62 bits per heavy atom. The van der Waals surface area contributed by atoms with Gasteiger partial charge in [-0.1, -0.05) is 0 Å². The number of H-pyrrole nitrogens is 1. The molecule has 0 unspecified atom stereocenters. The van der Waals surface area contributed by atoms with Crippen LogP contribution in [0, 0.1) is 6.92 Å². The summed E-state index contributed by atoms with van der Waals surface area (Å²) in [6.45, 7) is 1.65. The van der Waals surface area contributed by atoms with Crippen molar-refractivity contribution in [3.8, 4) is 0 Å². The number of carbonyl (C=O) groups excluding carboxylic acids is 1. The summed E-state index contributed by atoms with van der Waals surface area (Å²) in [4.78, 5) is 10.5. The summed E-state index contributed by atoms with van der Waals surface area (Å²) in [5.74, 6) is -1.78. The minimum Gasteiger partial charge on any atom is -0.289 e. The molecule has 0 amide bonds. The molecule has 72 valence electrons. The van der Waals surface area contributed by atoms with Gasteiger partial charge in [0, 0.05) is 5.69 Å². The van der Waals surface area contributed by atoms with Crippen LogP contribution in [0.1, 0.15) is 11.4 Å². The topological polar surface area (TPSA) is 45.8 Å². The average Bonchev–Trinajstić information content (AvgIpc) is 2.33. The second-order valence-electron chi connectivity index (χ2n) is 2.64. The average molecular weight is 192 g/mol. The van der Waals surface area contributed by atoms with Crippen LogP contribution in [0.25, 0.3) is 0 Å². The van der Waals surface area contributed by atoms with E-state index in [1.54, 1.807) is 6.92 Å². The molecule has 1 heterocycles. The second-order valence-corrected chi connectivity index (χ2v) is 2.64. The lowest BCUT2D eigenvalue weighted by molar-refractivity contribution is -0.170. The number of Topliss-reactive ketones (excluding diaryl/α,β-unsaturated/α-hetero) is 1. The van der Waals surface area contributed by atoms with Crippen LogP contribution in [0.4, 0.5) is 13.2 Å². The molecule has 3 nitrogen and oxygen atoms in total. The molecular weight excluding hydrogens is 185 g/mol. The van der Waals surface area contributed by atoms with E-state index in [2.05, 4.69) is 10.2 Å². The fourth-order valence-corrected chi connectivity index (χ4v) is 0.830. The molecule has 0 aliphatic carbocycles. The van der Waals surface area contributed by atoms with Gasteiger partial charge in [-0.3, -0.25) is 9.89 Å². The normalized spacial score (nSPS) is 11.7. The maximum absolute atomic E-state index is 11.8. The molecule has 0 saturated heterocycles. The second kappa shape index (κ2) is 3.20. The fraction of sp³-hybridized carbons (Fsp3) is 0.429. The molecule has 13 heavy (non-hydrogen) atoms. The molecule has 0 spiro atoms. The van der Waals surface area contributed by atoms with E-state index in [1.807, 2.05) is 0 Å². The molecule has 1 aromatic rings. The van der Waals surface area contributed by atoms with Crippen LogP contribution in [-0.4, -0.2) is 22.2 Å². The van der Waals surface area contributed by atoms with Gasteiger partial charge in [-0.25, -0.2) is 0 Å². The SMILES string of the molecule is Cc1cc(CC(=O)C(F)(F)F)n[nH]1. The first-order valence-corrected chi connectivity index (χ1v) is 3.50. The van der Waals surface area contributed by atoms with E-state index in [-0.39, 0.29) is 5.69 Å². The molecule has 0 aliphatic heterocycles. The van der Waals surface area contributed by atoms with Crippen LogP contribution in [0.2, 0.25) is 0 Å². The van der Waals surface area contributed by atoms with Gasteiger partial charge in [0.2, 0.25) is 5.78 Å². The molecule has 0 aromatic carbocycles. The van der Waals surface area contributed by atoms with Crippen molar-refractivity contribution in [2.45, 2.75) is 19.5 Å². The lowest BCUT2D eigenvalue weighted by Gasteiger charge is -2.01. The third-order valence-corrected chi connectivity index (χ3v) is 1.42. The molecule has 1 aromatic heterocycles. The van der Waals surface area contributed by atoms with Gasteiger partial charge in [0.15, 0.2) is 0 Å². The Morgan fingerprint density at radius 2 is 2.23 bits per heavy atom. The number of aromatic nitrogens is 2. The molecule has 0 bridgehead atoms. The number of aromatic amines is 1. The first kappa shape index (κ1) is 9.76. The summed E-state index contributed by atoms with van der Waals surface area (Å²) in [5.41, 5.74) is 0.741. The van der Waals surface area contributed by atoms with Gasteiger partial charge in [0.25, 0.3) is 0 Å². The Labute approximate surface area is 71.9 Å². The van der Waals surface area contributed by atoms with Crippen LogP contribution in [0.3, 0.4) is 0 Å². The van der Waals surface area contributed by atoms with Gasteiger partial charge in [-0.15, -0.1) is 0 Å². The minimum absolute atomic E-state index is 0.111. The van der Waals surface area contributed by atoms with Crippen LogP contribution >= 0.6 is 0 Å². The minimum atomic E-state index is -4.77. The first-order chi connectivity index (χ1) is 5.89. The number of nitrogens with one attached hydrogen (secondary N) is 1. The van der Waals surface area contributed by atoms with Crippen molar-refractivity contribution in [2.24, 2.45) is 0 Å². The summed E-state index contributed by atoms with van der Waals surface area (Å²) in [7, 11) is 0. The third-order valence-electron chi connectivity index (χ3n) is 1.42. The van der Waals surface area contributed by atoms with Crippen molar-refractivity contribution in [1.82, 2.24) is 10.2 Å². The predicted octanol–water partition coefficient (Wildman–Crippen LogP) is 1.39. The highest BCUT2D eigenvalue weighted by molar-refractivity contribution is 5.85. The Bertz CT molecular complexity index is 316. The summed E-state index contributed by atoms with van der Waals surface area (Å²) >= 11 is 0. The number of nitrogens with zero attached hydrogens (tertiary/aromatic N) is 1. The van der Waals surface area contributed by atoms with Gasteiger partial charge in [0.1, 0.15) is 0 Å². The lowest BCUT2D eigenvalue weighted by atomic mass is 10.2. The third kappa shape index (κ3) is 2.57.